The van der Waals surface area contributed by atoms with Crippen LogP contribution < -0.4 is 0 Å². The fourth-order valence-electron chi connectivity index (χ4n) is 11.4. The minimum atomic E-state index is -0.318. The second kappa shape index (κ2) is 16.1. The zero-order chi connectivity index (χ0) is 37.9. The lowest BCUT2D eigenvalue weighted by Gasteiger charge is -2.64. The van der Waals surface area contributed by atoms with E-state index in [4.69, 9.17) is 18.9 Å². The maximum Gasteiger partial charge on any atom is 0.338 e. The lowest BCUT2D eigenvalue weighted by Crippen LogP contribution is -2.62. The average molecular weight is 735 g/mol. The number of carbonyl (C=O) groups is 4. The summed E-state index contributed by atoms with van der Waals surface area (Å²) in [7, 11) is 1.43. The van der Waals surface area contributed by atoms with Gasteiger partial charge in [0.25, 0.3) is 0 Å². The van der Waals surface area contributed by atoms with E-state index in [2.05, 4.69) is 13.8 Å². The first-order chi connectivity index (χ1) is 26.1. The number of esters is 4. The van der Waals surface area contributed by atoms with Gasteiger partial charge in [-0.2, -0.15) is 0 Å². The number of hydrogen-bond acceptors (Lipinski definition) is 8. The van der Waals surface area contributed by atoms with Crippen molar-refractivity contribution in [3.63, 3.8) is 0 Å². The summed E-state index contributed by atoms with van der Waals surface area (Å²) in [5.41, 5.74) is 1.34. The Labute approximate surface area is 319 Å². The van der Waals surface area contributed by atoms with E-state index in [1.165, 1.54) is 7.11 Å². The van der Waals surface area contributed by atoms with Crippen molar-refractivity contribution in [2.24, 2.45) is 46.3 Å². The highest BCUT2D eigenvalue weighted by Gasteiger charge is 2.66. The molecule has 286 valence electrons. The largest absolute Gasteiger partial charge is 0.469 e. The molecule has 0 aliphatic heterocycles. The van der Waals surface area contributed by atoms with Crippen molar-refractivity contribution in [3.05, 3.63) is 108 Å². The standard InChI is InChI=1S/C46H54O8/c1-45-25-24-36(53-43(49)31-16-9-5-10-17-31)26-34(45)28-39(54-44(50)32-18-11-6-12-19-32)41-37-23-22-33(20-13-21-40(47)51-3)46(37,2)35(27-38(41)45)29-52-42(48)30-14-7-4-8-15-30/h4-12,14-19,33-39,41H,13,20-29H2,1-3H3/t33-,34-,35+,36+,37-,38-,39+,41-,45-,46-/m0/s1. The fraction of sp³-hybridized carbons (Fsp3) is 0.522. The van der Waals surface area contributed by atoms with E-state index in [0.29, 0.717) is 48.5 Å². The molecule has 8 nitrogen and oxygen atoms in total. The summed E-state index contributed by atoms with van der Waals surface area (Å²) < 4.78 is 24.0. The molecule has 0 radical (unpaired) electrons. The molecule has 0 spiro atoms. The van der Waals surface area contributed by atoms with Crippen LogP contribution in [0.4, 0.5) is 0 Å². The molecular formula is C46H54O8. The van der Waals surface area contributed by atoms with Crippen molar-refractivity contribution in [2.75, 3.05) is 13.7 Å². The number of rotatable bonds is 11. The van der Waals surface area contributed by atoms with Crippen LogP contribution in [0.1, 0.15) is 109 Å². The summed E-state index contributed by atoms with van der Waals surface area (Å²) in [5, 5.41) is 0. The molecule has 3 aromatic carbocycles. The Kier molecular flexibility index (Phi) is 11.3. The number of hydrogen-bond donors (Lipinski definition) is 0. The van der Waals surface area contributed by atoms with E-state index in [1.807, 2.05) is 54.6 Å². The van der Waals surface area contributed by atoms with Crippen LogP contribution in [0.2, 0.25) is 0 Å². The number of methoxy groups -OCH3 is 1. The molecular weight excluding hydrogens is 680 g/mol. The first-order valence-electron chi connectivity index (χ1n) is 19.9. The van der Waals surface area contributed by atoms with Crippen LogP contribution in [-0.2, 0) is 23.7 Å². The molecule has 10 atom stereocenters. The third kappa shape index (κ3) is 7.45. The highest BCUT2D eigenvalue weighted by molar-refractivity contribution is 5.90. The lowest BCUT2D eigenvalue weighted by molar-refractivity contribution is -0.195. The van der Waals surface area contributed by atoms with Gasteiger partial charge in [0.15, 0.2) is 0 Å². The summed E-state index contributed by atoms with van der Waals surface area (Å²) in [6.07, 6.45) is 7.39. The zero-order valence-electron chi connectivity index (χ0n) is 31.8. The number of carbonyl (C=O) groups excluding carboxylic acids is 4. The number of benzene rings is 3. The molecule has 3 aromatic rings. The molecule has 8 heteroatoms. The summed E-state index contributed by atoms with van der Waals surface area (Å²) in [6.45, 7) is 5.11. The number of fused-ring (bicyclic) bond motifs is 5. The Morgan fingerprint density at radius 2 is 1.26 bits per heavy atom. The maximum absolute atomic E-state index is 13.8. The Hall–Kier alpha value is -4.46. The van der Waals surface area contributed by atoms with Crippen molar-refractivity contribution >= 4 is 23.9 Å². The Morgan fingerprint density at radius 3 is 1.87 bits per heavy atom. The minimum Gasteiger partial charge on any atom is -0.469 e. The van der Waals surface area contributed by atoms with Gasteiger partial charge in [-0.15, -0.1) is 0 Å². The van der Waals surface area contributed by atoms with E-state index in [1.54, 1.807) is 36.4 Å². The topological polar surface area (TPSA) is 105 Å². The van der Waals surface area contributed by atoms with Crippen LogP contribution in [0, 0.1) is 46.3 Å². The van der Waals surface area contributed by atoms with Crippen LogP contribution in [0.25, 0.3) is 0 Å². The lowest BCUT2D eigenvalue weighted by atomic mass is 9.42. The quantitative estimate of drug-likeness (QED) is 0.142. The molecule has 4 saturated carbocycles. The van der Waals surface area contributed by atoms with Gasteiger partial charge in [0.1, 0.15) is 12.2 Å². The summed E-state index contributed by atoms with van der Waals surface area (Å²) in [6, 6.07) is 27.5. The van der Waals surface area contributed by atoms with Crippen LogP contribution in [-0.4, -0.2) is 49.8 Å². The van der Waals surface area contributed by atoms with Gasteiger partial charge in [0.2, 0.25) is 0 Å². The summed E-state index contributed by atoms with van der Waals surface area (Å²) >= 11 is 0. The van der Waals surface area contributed by atoms with Gasteiger partial charge in [0.05, 0.1) is 30.4 Å². The van der Waals surface area contributed by atoms with E-state index in [-0.39, 0.29) is 76.5 Å². The molecule has 7 rings (SSSR count). The molecule has 0 saturated heterocycles. The van der Waals surface area contributed by atoms with Gasteiger partial charge >= 0.3 is 23.9 Å². The van der Waals surface area contributed by atoms with Gasteiger partial charge in [-0.25, -0.2) is 14.4 Å². The Bertz CT molecular complexity index is 1780. The van der Waals surface area contributed by atoms with Crippen LogP contribution in [0.3, 0.4) is 0 Å². The van der Waals surface area contributed by atoms with Gasteiger partial charge in [-0.1, -0.05) is 68.4 Å². The second-order valence-corrected chi connectivity index (χ2v) is 16.7. The van der Waals surface area contributed by atoms with Crippen LogP contribution in [0.5, 0.6) is 0 Å². The maximum atomic E-state index is 13.8. The third-order valence-electron chi connectivity index (χ3n) is 14.3. The van der Waals surface area contributed by atoms with Gasteiger partial charge in [0, 0.05) is 12.3 Å². The molecule has 0 N–H and O–H groups in total. The molecule has 0 unspecified atom stereocenters. The third-order valence-corrected chi connectivity index (χ3v) is 14.3. The van der Waals surface area contributed by atoms with E-state index in [9.17, 15) is 19.2 Å². The highest BCUT2D eigenvalue weighted by atomic mass is 16.6. The first-order valence-corrected chi connectivity index (χ1v) is 19.9. The Morgan fingerprint density at radius 1 is 0.667 bits per heavy atom. The van der Waals surface area contributed by atoms with Crippen LogP contribution in [0.15, 0.2) is 91.0 Å². The number of ether oxygens (including phenoxy) is 4. The molecule has 4 fully saturated rings. The van der Waals surface area contributed by atoms with Gasteiger partial charge in [-0.3, -0.25) is 4.79 Å². The monoisotopic (exact) mass is 734 g/mol. The Balaban J connectivity index is 1.20. The van der Waals surface area contributed by atoms with Crippen LogP contribution >= 0.6 is 0 Å². The van der Waals surface area contributed by atoms with Gasteiger partial charge < -0.3 is 18.9 Å². The predicted molar refractivity (Wildman–Crippen MR) is 203 cm³/mol. The van der Waals surface area contributed by atoms with E-state index in [0.717, 1.165) is 44.9 Å². The van der Waals surface area contributed by atoms with Gasteiger partial charge in [-0.05, 0) is 135 Å². The second-order valence-electron chi connectivity index (χ2n) is 16.7. The van der Waals surface area contributed by atoms with E-state index < -0.39 is 0 Å². The molecule has 0 bridgehead atoms. The molecule has 0 aromatic heterocycles. The minimum absolute atomic E-state index is 0.0803. The smallest absolute Gasteiger partial charge is 0.338 e. The molecule has 54 heavy (non-hydrogen) atoms. The van der Waals surface area contributed by atoms with E-state index >= 15 is 0 Å². The van der Waals surface area contributed by atoms with Crippen molar-refractivity contribution in [3.8, 4) is 0 Å². The molecule has 4 aliphatic carbocycles. The van der Waals surface area contributed by atoms with Crippen molar-refractivity contribution in [1.82, 2.24) is 0 Å². The average Bonchev–Trinajstić information content (AvgIpc) is 3.54. The molecule has 0 heterocycles. The fourth-order valence-corrected chi connectivity index (χ4v) is 11.4. The first kappa shape index (κ1) is 37.8. The molecule has 4 aliphatic rings. The predicted octanol–water partition coefficient (Wildman–Crippen LogP) is 9.13. The van der Waals surface area contributed by atoms with Crippen molar-refractivity contribution in [2.45, 2.75) is 90.3 Å². The van der Waals surface area contributed by atoms with Crippen molar-refractivity contribution < 1.29 is 38.1 Å². The zero-order valence-corrected chi connectivity index (χ0v) is 31.8. The summed E-state index contributed by atoms with van der Waals surface area (Å²) in [4.78, 5) is 52.6. The normalized spacial score (nSPS) is 32.6. The summed E-state index contributed by atoms with van der Waals surface area (Å²) in [5.74, 6) is 0.0130. The SMILES string of the molecule is COC(=O)CCC[C@H]1CC[C@H]2[C@@H]3[C@H](OC(=O)c4ccccc4)C[C@@H]4C[C@H](OC(=O)c5ccccc5)CC[C@]4(C)[C@H]3C[C@H](COC(=O)c3ccccc3)[C@]12C. The highest BCUT2D eigenvalue weighted by Crippen LogP contribution is 2.70. The van der Waals surface area contributed by atoms with Crippen molar-refractivity contribution in [1.29, 1.82) is 0 Å². The molecule has 0 amide bonds.